The van der Waals surface area contributed by atoms with Gasteiger partial charge in [0.25, 0.3) is 5.91 Å². The number of ether oxygens (including phenoxy) is 4. The molecule has 1 unspecified atom stereocenters. The Morgan fingerprint density at radius 1 is 1.04 bits per heavy atom. The van der Waals surface area contributed by atoms with E-state index in [9.17, 15) is 28.0 Å². The number of amides is 1. The van der Waals surface area contributed by atoms with Gasteiger partial charge in [0.2, 0.25) is 5.43 Å². The van der Waals surface area contributed by atoms with Gasteiger partial charge >= 0.3 is 5.97 Å². The molecule has 3 aliphatic heterocycles. The lowest BCUT2D eigenvalue weighted by Gasteiger charge is -2.41. The highest BCUT2D eigenvalue weighted by molar-refractivity contribution is 7.98. The minimum atomic E-state index is -0.966. The van der Waals surface area contributed by atoms with E-state index in [1.54, 1.807) is 47.6 Å². The van der Waals surface area contributed by atoms with Crippen molar-refractivity contribution in [1.29, 1.82) is 0 Å². The SMILES string of the molecule is C#C.C1CC1.CC(=O)OC(C)(C)C=O.CCOc1c2n(ccc1=O)NC1COCCN1C2=O.COC(C)(C)C.Fc1ccc2c(c1F)CSc1ccccc1C2. The average Bonchev–Trinajstić information content (AvgIpc) is 4.07. The number of benzene rings is 2. The Bertz CT molecular complexity index is 1840. The number of nitrogens with zero attached hydrogens (tertiary/aromatic N) is 2. The summed E-state index contributed by atoms with van der Waals surface area (Å²) in [5, 5.41) is 0. The van der Waals surface area contributed by atoms with Gasteiger partial charge in [-0.3, -0.25) is 23.9 Å². The van der Waals surface area contributed by atoms with Crippen LogP contribution in [0.3, 0.4) is 0 Å². The molecule has 2 fully saturated rings. The molecule has 1 amide bonds. The zero-order valence-electron chi connectivity index (χ0n) is 33.6. The first-order valence-electron chi connectivity index (χ1n) is 18.3. The Kier molecular flexibility index (Phi) is 19.3. The fraction of sp³-hybridized carbons (Fsp3) is 0.476. The number of methoxy groups -OCH3 is 1. The maximum atomic E-state index is 13.7. The molecule has 0 spiro atoms. The summed E-state index contributed by atoms with van der Waals surface area (Å²) < 4.78 is 48.6. The molecule has 1 N–H and O–H groups in total. The van der Waals surface area contributed by atoms with E-state index >= 15 is 0 Å². The summed E-state index contributed by atoms with van der Waals surface area (Å²) in [4.78, 5) is 47.5. The number of hydrogen-bond donors (Lipinski definition) is 1. The minimum absolute atomic E-state index is 0.0417. The summed E-state index contributed by atoms with van der Waals surface area (Å²) in [7, 11) is 1.71. The zero-order chi connectivity index (χ0) is 42.1. The van der Waals surface area contributed by atoms with Crippen molar-refractivity contribution in [1.82, 2.24) is 9.58 Å². The Balaban J connectivity index is 0.000000266. The Labute approximate surface area is 333 Å². The number of carbonyl (C=O) groups excluding carboxylic acids is 3. The highest BCUT2D eigenvalue weighted by Crippen LogP contribution is 2.35. The van der Waals surface area contributed by atoms with Crippen molar-refractivity contribution in [3.05, 3.63) is 92.9 Å². The van der Waals surface area contributed by atoms with Crippen molar-refractivity contribution in [3.63, 3.8) is 0 Å². The number of pyridine rings is 1. The van der Waals surface area contributed by atoms with E-state index in [1.165, 1.54) is 57.7 Å². The molecule has 1 aromatic heterocycles. The maximum Gasteiger partial charge on any atom is 0.303 e. The van der Waals surface area contributed by atoms with Gasteiger partial charge in [-0.15, -0.1) is 24.6 Å². The molecule has 1 saturated heterocycles. The molecule has 2 aromatic carbocycles. The van der Waals surface area contributed by atoms with Crippen LogP contribution in [-0.4, -0.2) is 78.6 Å². The van der Waals surface area contributed by atoms with Crippen LogP contribution in [-0.2, 0) is 36.0 Å². The van der Waals surface area contributed by atoms with Crippen molar-refractivity contribution in [2.24, 2.45) is 0 Å². The summed E-state index contributed by atoms with van der Waals surface area (Å²) >= 11 is 1.57. The lowest BCUT2D eigenvalue weighted by Crippen LogP contribution is -2.59. The van der Waals surface area contributed by atoms with Crippen LogP contribution < -0.4 is 15.6 Å². The molecule has 306 valence electrons. The number of fused-ring (bicyclic) bond motifs is 4. The fourth-order valence-electron chi connectivity index (χ4n) is 4.85. The number of hydrogen-bond acceptors (Lipinski definition) is 10. The molecule has 3 aromatic rings. The number of terminal acetylenes is 1. The number of rotatable bonds is 4. The van der Waals surface area contributed by atoms with Gasteiger partial charge < -0.3 is 29.3 Å². The molecule has 1 aliphatic carbocycles. The van der Waals surface area contributed by atoms with E-state index < -0.39 is 23.2 Å². The Morgan fingerprint density at radius 2 is 1.68 bits per heavy atom. The standard InChI is InChI=1S/C14H10F2S.C12H15N3O4.C6H10O3.C5H12O.C3H6.C2H2/c15-12-6-5-9-7-10-3-1-2-4-13(10)17-8-11(9)14(12)16;1-2-19-11-8(16)3-4-15-10(11)12(17)14-5-6-18-7-9(14)13-15;1-5(8)9-6(2,3)4-7;1-5(2,3)6-4;1-2-3-1;1-2/h1-6H,7-8H2;3-4,9,13H,2,5-7H2,1H3;4H,1-3H3;1-4H3;1-3H2;1-2H. The van der Waals surface area contributed by atoms with Crippen LogP contribution >= 0.6 is 11.8 Å². The normalized spacial score (nSPS) is 15.8. The smallest absolute Gasteiger partial charge is 0.303 e. The first kappa shape index (κ1) is 47.4. The lowest BCUT2D eigenvalue weighted by atomic mass is 10.0. The van der Waals surface area contributed by atoms with E-state index in [-0.39, 0.29) is 34.5 Å². The van der Waals surface area contributed by atoms with Gasteiger partial charge in [0, 0.05) is 49.1 Å². The number of carbonyl (C=O) groups is 3. The van der Waals surface area contributed by atoms with E-state index in [0.717, 1.165) is 10.5 Å². The van der Waals surface area contributed by atoms with Crippen LogP contribution in [0.1, 0.15) is 94.9 Å². The first-order chi connectivity index (χ1) is 26.5. The number of thioether (sulfide) groups is 1. The fourth-order valence-corrected chi connectivity index (χ4v) is 5.97. The Morgan fingerprint density at radius 3 is 2.23 bits per heavy atom. The van der Waals surface area contributed by atoms with E-state index in [2.05, 4.69) is 23.0 Å². The van der Waals surface area contributed by atoms with Gasteiger partial charge in [0.1, 0.15) is 6.17 Å². The molecule has 1 saturated carbocycles. The monoisotopic (exact) mass is 799 g/mol. The minimum Gasteiger partial charge on any atom is -0.488 e. The van der Waals surface area contributed by atoms with Gasteiger partial charge in [-0.1, -0.05) is 43.5 Å². The molecule has 14 heteroatoms. The molecule has 4 aliphatic rings. The van der Waals surface area contributed by atoms with Crippen molar-refractivity contribution >= 4 is 29.9 Å². The molecule has 11 nitrogen and oxygen atoms in total. The number of morpholine rings is 1. The van der Waals surface area contributed by atoms with Crippen LogP contribution in [0.4, 0.5) is 8.78 Å². The number of halogens is 2. The molecule has 56 heavy (non-hydrogen) atoms. The largest absolute Gasteiger partial charge is 0.488 e. The average molecular weight is 800 g/mol. The Hall–Kier alpha value is -4.71. The first-order valence-corrected chi connectivity index (χ1v) is 19.2. The maximum absolute atomic E-state index is 13.7. The number of aldehydes is 1. The molecule has 0 bridgehead atoms. The van der Waals surface area contributed by atoms with E-state index in [1.807, 2.05) is 45.0 Å². The molecule has 4 heterocycles. The summed E-state index contributed by atoms with van der Waals surface area (Å²) in [6.07, 6.45) is 15.1. The summed E-state index contributed by atoms with van der Waals surface area (Å²) in [5.74, 6) is -1.48. The summed E-state index contributed by atoms with van der Waals surface area (Å²) in [5.41, 5.74) is 4.76. The number of aromatic nitrogens is 1. The van der Waals surface area contributed by atoms with E-state index in [0.29, 0.717) is 50.4 Å². The van der Waals surface area contributed by atoms with Crippen LogP contribution in [0.5, 0.6) is 5.75 Å². The highest BCUT2D eigenvalue weighted by Gasteiger charge is 2.36. The van der Waals surface area contributed by atoms with Crippen molar-refractivity contribution in [2.75, 3.05) is 38.9 Å². The number of nitrogens with one attached hydrogen (secondary N) is 1. The third-order valence-electron chi connectivity index (χ3n) is 7.90. The number of esters is 1. The third-order valence-corrected chi connectivity index (χ3v) is 9.04. The second-order valence-electron chi connectivity index (χ2n) is 14.1. The quantitative estimate of drug-likeness (QED) is 0.165. The molecule has 7 rings (SSSR count). The molecular weight excluding hydrogens is 745 g/mol. The van der Waals surface area contributed by atoms with Crippen LogP contribution in [0, 0.1) is 24.5 Å². The topological polar surface area (TPSA) is 125 Å². The van der Waals surface area contributed by atoms with Gasteiger partial charge in [-0.25, -0.2) is 8.78 Å². The lowest BCUT2D eigenvalue weighted by molar-refractivity contribution is -0.157. The highest BCUT2D eigenvalue weighted by atomic mass is 32.2. The van der Waals surface area contributed by atoms with Crippen molar-refractivity contribution < 1.29 is 42.1 Å². The van der Waals surface area contributed by atoms with Gasteiger partial charge in [0.15, 0.2) is 35.0 Å². The van der Waals surface area contributed by atoms with Crippen molar-refractivity contribution in [3.8, 4) is 18.6 Å². The second kappa shape index (κ2) is 22.7. The molecule has 1 atom stereocenters. The summed E-state index contributed by atoms with van der Waals surface area (Å²) in [6, 6.07) is 12.3. The van der Waals surface area contributed by atoms with Crippen LogP contribution in [0.15, 0.2) is 58.4 Å². The van der Waals surface area contributed by atoms with Gasteiger partial charge in [0.05, 0.1) is 25.4 Å². The van der Waals surface area contributed by atoms with Gasteiger partial charge in [-0.05, 0) is 71.2 Å². The third kappa shape index (κ3) is 15.1. The summed E-state index contributed by atoms with van der Waals surface area (Å²) in [6.45, 7) is 14.0. The predicted molar refractivity (Wildman–Crippen MR) is 214 cm³/mol. The van der Waals surface area contributed by atoms with Crippen LogP contribution in [0.25, 0.3) is 0 Å². The molecular formula is C42H55F2N3O8S. The second-order valence-corrected chi connectivity index (χ2v) is 15.2. The predicted octanol–water partition coefficient (Wildman–Crippen LogP) is 7.14. The van der Waals surface area contributed by atoms with Gasteiger partial charge in [-0.2, -0.15) is 0 Å². The van der Waals surface area contributed by atoms with E-state index in [4.69, 9.17) is 14.2 Å². The molecule has 0 radical (unpaired) electrons. The van der Waals surface area contributed by atoms with Crippen molar-refractivity contribution in [2.45, 2.75) is 102 Å². The zero-order valence-corrected chi connectivity index (χ0v) is 34.4. The van der Waals surface area contributed by atoms with Crippen LogP contribution in [0.2, 0.25) is 0 Å².